The smallest absolute Gasteiger partial charge is 0.0414 e. The van der Waals surface area contributed by atoms with Crippen molar-refractivity contribution in [3.8, 4) is 0 Å². The molecule has 0 spiro atoms. The molecule has 0 amide bonds. The summed E-state index contributed by atoms with van der Waals surface area (Å²) in [5, 5.41) is 3.70. The molecule has 1 unspecified atom stereocenters. The predicted molar refractivity (Wildman–Crippen MR) is 94.0 cm³/mol. The Hall–Kier alpha value is 0.01000. The summed E-state index contributed by atoms with van der Waals surface area (Å²) in [6.07, 6.45) is 9.52. The first-order chi connectivity index (χ1) is 9.85. The van der Waals surface area contributed by atoms with Gasteiger partial charge < -0.3 is 5.32 Å². The van der Waals surface area contributed by atoms with Gasteiger partial charge in [-0.05, 0) is 36.8 Å². The van der Waals surface area contributed by atoms with E-state index in [1.807, 2.05) is 0 Å². The second-order valence-corrected chi connectivity index (χ2v) is 7.99. The third-order valence-electron chi connectivity index (χ3n) is 4.04. The lowest BCUT2D eigenvalue weighted by molar-refractivity contribution is 0.484. The van der Waals surface area contributed by atoms with Crippen molar-refractivity contribution in [3.05, 3.63) is 21.4 Å². The molecule has 114 valence electrons. The van der Waals surface area contributed by atoms with Crippen molar-refractivity contribution in [2.24, 2.45) is 0 Å². The molecule has 1 atom stereocenters. The lowest BCUT2D eigenvalue weighted by Gasteiger charge is -2.16. The Morgan fingerprint density at radius 1 is 1.20 bits per heavy atom. The van der Waals surface area contributed by atoms with E-state index in [0.29, 0.717) is 6.04 Å². The number of aryl methyl sites for hydroxylation is 1. The van der Waals surface area contributed by atoms with E-state index < -0.39 is 0 Å². The zero-order chi connectivity index (χ0) is 14.2. The molecule has 2 rings (SSSR count). The van der Waals surface area contributed by atoms with E-state index in [0.717, 1.165) is 6.54 Å². The van der Waals surface area contributed by atoms with Crippen LogP contribution in [0.15, 0.2) is 6.07 Å². The summed E-state index contributed by atoms with van der Waals surface area (Å²) in [7, 11) is 0. The maximum absolute atomic E-state index is 3.70. The van der Waals surface area contributed by atoms with E-state index >= 15 is 0 Å². The standard InChI is InChI=1S/C17H29NS2/c1-3-5-6-7-8-9-15(18-4-2)17-12-14-13-19-11-10-16(14)20-17/h12,15,18H,3-11,13H2,1-2H3. The van der Waals surface area contributed by atoms with Crippen LogP contribution >= 0.6 is 23.1 Å². The molecule has 0 saturated heterocycles. The Kier molecular flexibility index (Phi) is 7.47. The van der Waals surface area contributed by atoms with Gasteiger partial charge in [-0.1, -0.05) is 46.0 Å². The first-order valence-electron chi connectivity index (χ1n) is 8.27. The van der Waals surface area contributed by atoms with Crippen molar-refractivity contribution < 1.29 is 0 Å². The fourth-order valence-corrected chi connectivity index (χ4v) is 5.37. The number of hydrogen-bond acceptors (Lipinski definition) is 3. The van der Waals surface area contributed by atoms with E-state index in [9.17, 15) is 0 Å². The molecule has 0 bridgehead atoms. The second-order valence-electron chi connectivity index (χ2n) is 5.71. The van der Waals surface area contributed by atoms with Crippen LogP contribution in [-0.4, -0.2) is 12.3 Å². The fourth-order valence-electron chi connectivity index (χ4n) is 2.89. The number of fused-ring (bicyclic) bond motifs is 1. The predicted octanol–water partition coefficient (Wildman–Crippen LogP) is 5.55. The van der Waals surface area contributed by atoms with Gasteiger partial charge in [-0.3, -0.25) is 0 Å². The third-order valence-corrected chi connectivity index (χ3v) is 6.40. The van der Waals surface area contributed by atoms with Crippen molar-refractivity contribution in [2.45, 2.75) is 70.6 Å². The summed E-state index contributed by atoms with van der Waals surface area (Å²) in [6, 6.07) is 3.09. The van der Waals surface area contributed by atoms with Gasteiger partial charge in [0.05, 0.1) is 0 Å². The van der Waals surface area contributed by atoms with Crippen LogP contribution in [0.25, 0.3) is 0 Å². The van der Waals surface area contributed by atoms with Gasteiger partial charge in [-0.25, -0.2) is 0 Å². The van der Waals surface area contributed by atoms with Crippen molar-refractivity contribution in [1.29, 1.82) is 0 Å². The van der Waals surface area contributed by atoms with Gasteiger partial charge in [0.2, 0.25) is 0 Å². The van der Waals surface area contributed by atoms with Gasteiger partial charge in [0.1, 0.15) is 0 Å². The largest absolute Gasteiger partial charge is 0.310 e. The minimum Gasteiger partial charge on any atom is -0.310 e. The van der Waals surface area contributed by atoms with Crippen LogP contribution in [0.4, 0.5) is 0 Å². The molecule has 1 nitrogen and oxygen atoms in total. The van der Waals surface area contributed by atoms with Crippen molar-refractivity contribution in [3.63, 3.8) is 0 Å². The Labute approximate surface area is 132 Å². The minimum atomic E-state index is 0.599. The van der Waals surface area contributed by atoms with Crippen LogP contribution in [0.5, 0.6) is 0 Å². The lowest BCUT2D eigenvalue weighted by atomic mass is 10.0. The summed E-state index contributed by atoms with van der Waals surface area (Å²) >= 11 is 4.17. The number of thioether (sulfide) groups is 1. The van der Waals surface area contributed by atoms with E-state index in [1.165, 1.54) is 56.5 Å². The third kappa shape index (κ3) is 4.78. The SMILES string of the molecule is CCCCCCCC(NCC)c1cc2c(s1)CCSC2. The maximum Gasteiger partial charge on any atom is 0.0414 e. The topological polar surface area (TPSA) is 12.0 Å². The zero-order valence-corrected chi connectivity index (χ0v) is 14.7. The summed E-state index contributed by atoms with van der Waals surface area (Å²) in [4.78, 5) is 3.25. The summed E-state index contributed by atoms with van der Waals surface area (Å²) in [5.41, 5.74) is 1.62. The molecule has 1 aromatic heterocycles. The van der Waals surface area contributed by atoms with E-state index in [4.69, 9.17) is 0 Å². The Morgan fingerprint density at radius 3 is 2.80 bits per heavy atom. The molecule has 1 aliphatic heterocycles. The Morgan fingerprint density at radius 2 is 2.05 bits per heavy atom. The molecule has 0 aromatic carbocycles. The molecule has 1 aromatic rings. The molecule has 20 heavy (non-hydrogen) atoms. The molecule has 0 saturated carbocycles. The van der Waals surface area contributed by atoms with Crippen LogP contribution in [0, 0.1) is 0 Å². The Bertz CT molecular complexity index is 363. The molecule has 0 radical (unpaired) electrons. The minimum absolute atomic E-state index is 0.599. The van der Waals surface area contributed by atoms with Gasteiger partial charge in [-0.15, -0.1) is 11.3 Å². The molecular weight excluding hydrogens is 282 g/mol. The van der Waals surface area contributed by atoms with Gasteiger partial charge >= 0.3 is 0 Å². The number of unbranched alkanes of at least 4 members (excludes halogenated alkanes) is 4. The normalized spacial score (nSPS) is 16.1. The van der Waals surface area contributed by atoms with E-state index in [2.05, 4.69) is 48.3 Å². The van der Waals surface area contributed by atoms with Crippen molar-refractivity contribution in [2.75, 3.05) is 12.3 Å². The van der Waals surface area contributed by atoms with Gasteiger partial charge in [0.15, 0.2) is 0 Å². The summed E-state index contributed by atoms with van der Waals surface area (Å²) < 4.78 is 0. The summed E-state index contributed by atoms with van der Waals surface area (Å²) in [5.74, 6) is 2.55. The van der Waals surface area contributed by atoms with Crippen LogP contribution in [0.3, 0.4) is 0 Å². The van der Waals surface area contributed by atoms with E-state index in [-0.39, 0.29) is 0 Å². The van der Waals surface area contributed by atoms with E-state index in [1.54, 1.807) is 15.3 Å². The highest BCUT2D eigenvalue weighted by Crippen LogP contribution is 2.35. The van der Waals surface area contributed by atoms with Crippen LogP contribution in [0.2, 0.25) is 0 Å². The fraction of sp³-hybridized carbons (Fsp3) is 0.765. The van der Waals surface area contributed by atoms with Crippen LogP contribution in [-0.2, 0) is 12.2 Å². The molecule has 0 aliphatic carbocycles. The highest BCUT2D eigenvalue weighted by atomic mass is 32.2. The molecule has 0 fully saturated rings. The monoisotopic (exact) mass is 311 g/mol. The number of nitrogens with one attached hydrogen (secondary N) is 1. The average molecular weight is 312 g/mol. The molecule has 1 aliphatic rings. The number of rotatable bonds is 9. The quantitative estimate of drug-likeness (QED) is 0.600. The molecule has 1 N–H and O–H groups in total. The molecule has 2 heterocycles. The highest BCUT2D eigenvalue weighted by molar-refractivity contribution is 7.98. The summed E-state index contributed by atoms with van der Waals surface area (Å²) in [6.45, 7) is 5.60. The number of thiophene rings is 1. The van der Waals surface area contributed by atoms with Crippen LogP contribution < -0.4 is 5.32 Å². The first kappa shape index (κ1) is 16.4. The molecular formula is C17H29NS2. The maximum atomic E-state index is 3.70. The lowest BCUT2D eigenvalue weighted by Crippen LogP contribution is -2.19. The van der Waals surface area contributed by atoms with Crippen molar-refractivity contribution in [1.82, 2.24) is 5.32 Å². The Balaban J connectivity index is 1.88. The number of hydrogen-bond donors (Lipinski definition) is 1. The van der Waals surface area contributed by atoms with Gasteiger partial charge in [0, 0.05) is 21.5 Å². The van der Waals surface area contributed by atoms with Gasteiger partial charge in [0.25, 0.3) is 0 Å². The average Bonchev–Trinajstić information content (AvgIpc) is 2.89. The van der Waals surface area contributed by atoms with Crippen molar-refractivity contribution >= 4 is 23.1 Å². The highest BCUT2D eigenvalue weighted by Gasteiger charge is 2.18. The molecule has 3 heteroatoms. The first-order valence-corrected chi connectivity index (χ1v) is 10.2. The zero-order valence-electron chi connectivity index (χ0n) is 13.0. The second kappa shape index (κ2) is 9.11. The van der Waals surface area contributed by atoms with Crippen LogP contribution in [0.1, 0.15) is 73.7 Å². The van der Waals surface area contributed by atoms with Gasteiger partial charge in [-0.2, -0.15) is 11.8 Å².